The smallest absolute Gasteiger partial charge is 0.328 e. The molecular formula is C56H66ClF2N9O6. The van der Waals surface area contributed by atoms with E-state index >= 15 is 8.78 Å². The Bertz CT molecular complexity index is 3000. The molecule has 2 aliphatic carbocycles. The number of halogens is 3. The molecule has 4 saturated heterocycles. The van der Waals surface area contributed by atoms with Gasteiger partial charge in [-0.15, -0.1) is 0 Å². The van der Waals surface area contributed by atoms with E-state index in [1.807, 2.05) is 16.7 Å². The van der Waals surface area contributed by atoms with E-state index in [1.54, 1.807) is 37.3 Å². The Balaban J connectivity index is 0.696. The number of hydrogen-bond acceptors (Lipinski definition) is 12. The van der Waals surface area contributed by atoms with Crippen molar-refractivity contribution in [2.75, 3.05) is 88.4 Å². The highest BCUT2D eigenvalue weighted by Crippen LogP contribution is 2.49. The number of fused-ring (bicyclic) bond motifs is 2. The van der Waals surface area contributed by atoms with E-state index in [-0.39, 0.29) is 64.1 Å². The molecule has 18 heteroatoms. The number of nitrogens with one attached hydrogen (secondary N) is 1. The zero-order chi connectivity index (χ0) is 51.5. The standard InChI is InChI=1S/C56H66ClF2N9O6/c1-3-39-43(58)8-6-36-27-38(69)29-40(46(36)39)48-47(59)49-41(30-60-48)50(67-19-4-12-54(2,73)32-67)63-52(62-49)74-34-56(15-16-56)33-65-25-23-64(24-26-65)31-35-9-13-55(14-10-35)17-21-66(22-18-55)51(71)37-5-7-42(57)44(28-37)68-20-11-45(70)61-53(68)72/h5-8,27-30,35,69,73H,3-4,9-26,31-34H2,1-2H3,(H,61,70,72)/t54-/m1/s1. The third-order valence-electron chi connectivity index (χ3n) is 17.2. The van der Waals surface area contributed by atoms with Gasteiger partial charge in [-0.05, 0) is 142 Å². The molecule has 2 aromatic heterocycles. The number of carbonyl (C=O) groups excluding carboxylic acids is 3. The van der Waals surface area contributed by atoms with E-state index in [0.717, 1.165) is 71.4 Å². The van der Waals surface area contributed by atoms with Gasteiger partial charge in [0.2, 0.25) is 5.91 Å². The minimum Gasteiger partial charge on any atom is -0.508 e. The number of imide groups is 1. The molecule has 6 heterocycles. The number of likely N-dealkylation sites (tertiary alicyclic amines) is 1. The van der Waals surface area contributed by atoms with Gasteiger partial charge in [0.25, 0.3) is 5.91 Å². The fraction of sp³-hybridized carbons (Fsp3) is 0.536. The lowest BCUT2D eigenvalue weighted by molar-refractivity contribution is -0.120. The number of phenols is 1. The van der Waals surface area contributed by atoms with Crippen molar-refractivity contribution in [1.82, 2.24) is 35.0 Å². The Morgan fingerprint density at radius 1 is 0.905 bits per heavy atom. The van der Waals surface area contributed by atoms with Crippen molar-refractivity contribution in [3.63, 3.8) is 0 Å². The lowest BCUT2D eigenvalue weighted by atomic mass is 9.65. The van der Waals surface area contributed by atoms with E-state index < -0.39 is 23.3 Å². The van der Waals surface area contributed by atoms with Crippen LogP contribution >= 0.6 is 11.6 Å². The number of anilines is 2. The summed E-state index contributed by atoms with van der Waals surface area (Å²) in [6, 6.07) is 10.5. The number of aliphatic hydroxyl groups is 1. The number of hydrogen-bond donors (Lipinski definition) is 3. The molecule has 4 amide bonds. The fourth-order valence-electron chi connectivity index (χ4n) is 12.6. The van der Waals surface area contributed by atoms with Crippen molar-refractivity contribution in [3.05, 3.63) is 76.4 Å². The van der Waals surface area contributed by atoms with Crippen LogP contribution in [0.4, 0.5) is 25.1 Å². The van der Waals surface area contributed by atoms with E-state index in [2.05, 4.69) is 20.1 Å². The molecule has 3 aromatic carbocycles. The van der Waals surface area contributed by atoms with Crippen LogP contribution in [0.2, 0.25) is 5.02 Å². The number of phenolic OH excluding ortho intramolecular Hbond substituents is 1. The van der Waals surface area contributed by atoms with Crippen molar-refractivity contribution in [1.29, 1.82) is 0 Å². The number of piperidine rings is 2. The molecule has 4 aliphatic heterocycles. The largest absolute Gasteiger partial charge is 0.508 e. The molecule has 5 aromatic rings. The molecule has 1 spiro atoms. The Hall–Kier alpha value is -5.75. The summed E-state index contributed by atoms with van der Waals surface area (Å²) in [7, 11) is 0. The Morgan fingerprint density at radius 3 is 2.38 bits per heavy atom. The highest BCUT2D eigenvalue weighted by Gasteiger charge is 2.46. The molecular weight excluding hydrogens is 968 g/mol. The number of aryl methyl sites for hydroxylation is 1. The SMILES string of the molecule is CCc1c(F)ccc2cc(O)cc(-c3ncc4c(N5CCC[C@@](C)(O)C5)nc(OCC5(CN6CCN(CC7CCC8(CC7)CCN(C(=O)c7ccc(Cl)c(N9CCC(=O)NC9=O)c7)CC8)CC6)CC5)nc4c3F)c12. The number of nitrogens with zero attached hydrogens (tertiary/aromatic N) is 8. The third-order valence-corrected chi connectivity index (χ3v) is 17.5. The number of rotatable bonds is 12. The lowest BCUT2D eigenvalue weighted by Crippen LogP contribution is -2.50. The van der Waals surface area contributed by atoms with Gasteiger partial charge >= 0.3 is 12.0 Å². The molecule has 0 radical (unpaired) electrons. The first-order chi connectivity index (χ1) is 35.6. The summed E-state index contributed by atoms with van der Waals surface area (Å²) in [5.74, 6) is -0.522. The lowest BCUT2D eigenvalue weighted by Gasteiger charge is -2.47. The summed E-state index contributed by atoms with van der Waals surface area (Å²) >= 11 is 6.46. The Morgan fingerprint density at radius 2 is 1.66 bits per heavy atom. The molecule has 0 unspecified atom stereocenters. The highest BCUT2D eigenvalue weighted by atomic mass is 35.5. The van der Waals surface area contributed by atoms with Crippen LogP contribution in [0.15, 0.2) is 48.7 Å². The average molecular weight is 1030 g/mol. The molecule has 1 atom stereocenters. The van der Waals surface area contributed by atoms with Crippen LogP contribution in [0, 0.1) is 28.4 Å². The number of aromatic nitrogens is 3. The Labute approximate surface area is 435 Å². The van der Waals surface area contributed by atoms with Gasteiger partial charge < -0.3 is 34.5 Å². The average Bonchev–Trinajstić information content (AvgIpc) is 4.16. The zero-order valence-electron chi connectivity index (χ0n) is 42.4. The van der Waals surface area contributed by atoms with Crippen LogP contribution in [0.3, 0.4) is 0 Å². The maximum atomic E-state index is 17.2. The summed E-state index contributed by atoms with van der Waals surface area (Å²) < 4.78 is 38.8. The summed E-state index contributed by atoms with van der Waals surface area (Å²) in [4.78, 5) is 62.6. The molecule has 11 rings (SSSR count). The predicted octanol–water partition coefficient (Wildman–Crippen LogP) is 8.73. The van der Waals surface area contributed by atoms with Crippen molar-refractivity contribution >= 4 is 62.6 Å². The van der Waals surface area contributed by atoms with Crippen molar-refractivity contribution in [3.8, 4) is 23.0 Å². The minimum absolute atomic E-state index is 0.00999. The second kappa shape index (κ2) is 20.1. The van der Waals surface area contributed by atoms with E-state index in [4.69, 9.17) is 26.3 Å². The van der Waals surface area contributed by atoms with Crippen LogP contribution in [-0.2, 0) is 11.2 Å². The normalized spacial score (nSPS) is 22.7. The molecule has 3 N–H and O–H groups in total. The third kappa shape index (κ3) is 10.2. The molecule has 6 fully saturated rings. The van der Waals surface area contributed by atoms with Gasteiger partial charge in [-0.2, -0.15) is 9.97 Å². The maximum absolute atomic E-state index is 17.2. The monoisotopic (exact) mass is 1030 g/mol. The number of amides is 4. The molecule has 2 saturated carbocycles. The van der Waals surface area contributed by atoms with Crippen LogP contribution in [-0.4, -0.2) is 142 Å². The number of urea groups is 1. The number of ether oxygens (including phenoxy) is 1. The van der Waals surface area contributed by atoms with Crippen LogP contribution < -0.4 is 19.9 Å². The van der Waals surface area contributed by atoms with Gasteiger partial charge in [0, 0.05) is 101 Å². The first kappa shape index (κ1) is 50.4. The molecule has 15 nitrogen and oxygen atoms in total. The van der Waals surface area contributed by atoms with E-state index in [1.165, 1.54) is 48.9 Å². The minimum atomic E-state index is -0.969. The molecule has 0 bridgehead atoms. The van der Waals surface area contributed by atoms with E-state index in [9.17, 15) is 24.6 Å². The first-order valence-electron chi connectivity index (χ1n) is 26.6. The van der Waals surface area contributed by atoms with Gasteiger partial charge in [0.1, 0.15) is 28.6 Å². The predicted molar refractivity (Wildman–Crippen MR) is 280 cm³/mol. The summed E-state index contributed by atoms with van der Waals surface area (Å²) in [6.07, 6.45) is 12.1. The Kier molecular flexibility index (Phi) is 13.7. The number of pyridine rings is 1. The fourth-order valence-corrected chi connectivity index (χ4v) is 12.9. The van der Waals surface area contributed by atoms with Crippen molar-refractivity contribution in [2.45, 2.75) is 96.5 Å². The first-order valence-corrected chi connectivity index (χ1v) is 27.0. The topological polar surface area (TPSA) is 168 Å². The number of benzene rings is 3. The van der Waals surface area contributed by atoms with Crippen LogP contribution in [0.5, 0.6) is 11.8 Å². The molecule has 392 valence electrons. The maximum Gasteiger partial charge on any atom is 0.328 e. The van der Waals surface area contributed by atoms with Gasteiger partial charge in [0.05, 0.1) is 28.3 Å². The van der Waals surface area contributed by atoms with Crippen molar-refractivity contribution in [2.24, 2.45) is 16.7 Å². The second-order valence-electron chi connectivity index (χ2n) is 22.5. The summed E-state index contributed by atoms with van der Waals surface area (Å²) in [5.41, 5.74) is 0.781. The zero-order valence-corrected chi connectivity index (χ0v) is 43.2. The van der Waals surface area contributed by atoms with Crippen LogP contribution in [0.1, 0.15) is 100 Å². The quantitative estimate of drug-likeness (QED) is 0.109. The van der Waals surface area contributed by atoms with Crippen molar-refractivity contribution < 1.29 is 38.1 Å². The number of aromatic hydroxyl groups is 1. The number of β-amino-alcohol motifs (C(OH)–C–C–N with tert-alkyl or cyclic N) is 1. The second-order valence-corrected chi connectivity index (χ2v) is 22.9. The number of carbonyl (C=O) groups is 3. The summed E-state index contributed by atoms with van der Waals surface area (Å²) in [5, 5.41) is 26.0. The van der Waals surface area contributed by atoms with Gasteiger partial charge in [-0.25, -0.2) is 13.6 Å². The van der Waals surface area contributed by atoms with Gasteiger partial charge in [-0.3, -0.25) is 24.8 Å². The van der Waals surface area contributed by atoms with Gasteiger partial charge in [0.15, 0.2) is 5.82 Å². The number of piperazine rings is 1. The highest BCUT2D eigenvalue weighted by molar-refractivity contribution is 6.34. The molecule has 6 aliphatic rings. The van der Waals surface area contributed by atoms with E-state index in [0.29, 0.717) is 95.4 Å². The van der Waals surface area contributed by atoms with Crippen LogP contribution in [0.25, 0.3) is 32.9 Å². The summed E-state index contributed by atoms with van der Waals surface area (Å²) in [6.45, 7) is 12.5. The molecule has 74 heavy (non-hydrogen) atoms. The van der Waals surface area contributed by atoms with Gasteiger partial charge in [-0.1, -0.05) is 24.6 Å².